The van der Waals surface area contributed by atoms with E-state index in [0.29, 0.717) is 12.5 Å². The maximum Gasteiger partial charge on any atom is 0.239 e. The number of nitrogens with one attached hydrogen (secondary N) is 2. The van der Waals surface area contributed by atoms with E-state index in [2.05, 4.69) is 45.4 Å². The summed E-state index contributed by atoms with van der Waals surface area (Å²) in [6.45, 7) is 5.05. The SMILES string of the molecule is CC(C)CNC(=O)CNc1nccc2c(Br)cccc12. The number of hydrogen-bond acceptors (Lipinski definition) is 3. The zero-order valence-electron chi connectivity index (χ0n) is 11.6. The molecular formula is C15H18BrN3O. The molecule has 4 nitrogen and oxygen atoms in total. The highest BCUT2D eigenvalue weighted by Crippen LogP contribution is 2.27. The average molecular weight is 336 g/mol. The zero-order chi connectivity index (χ0) is 14.5. The van der Waals surface area contributed by atoms with E-state index in [1.165, 1.54) is 0 Å². The van der Waals surface area contributed by atoms with Gasteiger partial charge in [-0.2, -0.15) is 0 Å². The number of anilines is 1. The summed E-state index contributed by atoms with van der Waals surface area (Å²) < 4.78 is 1.02. The Hall–Kier alpha value is -1.62. The molecule has 106 valence electrons. The standard InChI is InChI=1S/C15H18BrN3O/c1-10(2)8-18-14(20)9-19-15-12-4-3-5-13(16)11(12)6-7-17-15/h3-7,10H,8-9H2,1-2H3,(H,17,19)(H,18,20). The molecule has 0 atom stereocenters. The number of pyridine rings is 1. The number of carbonyl (C=O) groups excluding carboxylic acids is 1. The Bertz CT molecular complexity index is 613. The molecule has 5 heteroatoms. The molecule has 1 aromatic heterocycles. The minimum Gasteiger partial charge on any atom is -0.360 e. The van der Waals surface area contributed by atoms with E-state index in [9.17, 15) is 4.79 Å². The van der Waals surface area contributed by atoms with Gasteiger partial charge in [-0.05, 0) is 18.1 Å². The minimum atomic E-state index is -0.0208. The molecule has 0 aliphatic carbocycles. The van der Waals surface area contributed by atoms with Crippen LogP contribution in [-0.4, -0.2) is 24.0 Å². The normalized spacial score (nSPS) is 10.8. The Labute approximate surface area is 127 Å². The van der Waals surface area contributed by atoms with Crippen LogP contribution in [0.2, 0.25) is 0 Å². The molecule has 0 aliphatic rings. The van der Waals surface area contributed by atoms with Gasteiger partial charge >= 0.3 is 0 Å². The van der Waals surface area contributed by atoms with Gasteiger partial charge in [0.05, 0.1) is 6.54 Å². The fourth-order valence-electron chi connectivity index (χ4n) is 1.85. The van der Waals surface area contributed by atoms with E-state index in [1.807, 2.05) is 24.3 Å². The van der Waals surface area contributed by atoms with Crippen molar-refractivity contribution >= 4 is 38.4 Å². The number of hydrogen-bond donors (Lipinski definition) is 2. The van der Waals surface area contributed by atoms with Crippen molar-refractivity contribution in [2.75, 3.05) is 18.4 Å². The Morgan fingerprint density at radius 2 is 2.10 bits per heavy atom. The number of nitrogens with zero attached hydrogens (tertiary/aromatic N) is 1. The number of carbonyl (C=O) groups is 1. The third-order valence-electron chi connectivity index (χ3n) is 2.88. The molecule has 0 saturated carbocycles. The molecule has 0 aliphatic heterocycles. The molecule has 0 bridgehead atoms. The fraction of sp³-hybridized carbons (Fsp3) is 0.333. The number of aromatic nitrogens is 1. The second-order valence-corrected chi connectivity index (χ2v) is 5.90. The summed E-state index contributed by atoms with van der Waals surface area (Å²) in [5, 5.41) is 8.04. The van der Waals surface area contributed by atoms with Gasteiger partial charge in [-0.3, -0.25) is 4.79 Å². The van der Waals surface area contributed by atoms with Gasteiger partial charge in [-0.15, -0.1) is 0 Å². The van der Waals surface area contributed by atoms with Gasteiger partial charge in [0.25, 0.3) is 0 Å². The van der Waals surface area contributed by atoms with E-state index < -0.39 is 0 Å². The molecule has 1 aromatic carbocycles. The van der Waals surface area contributed by atoms with Crippen LogP contribution in [0.3, 0.4) is 0 Å². The van der Waals surface area contributed by atoms with Crippen molar-refractivity contribution in [1.82, 2.24) is 10.3 Å². The van der Waals surface area contributed by atoms with Crippen molar-refractivity contribution in [3.63, 3.8) is 0 Å². The van der Waals surface area contributed by atoms with Crippen molar-refractivity contribution < 1.29 is 4.79 Å². The summed E-state index contributed by atoms with van der Waals surface area (Å²) in [7, 11) is 0. The van der Waals surface area contributed by atoms with Gasteiger partial charge < -0.3 is 10.6 Å². The first kappa shape index (κ1) is 14.8. The van der Waals surface area contributed by atoms with Crippen LogP contribution >= 0.6 is 15.9 Å². The Balaban J connectivity index is 2.07. The highest BCUT2D eigenvalue weighted by molar-refractivity contribution is 9.10. The summed E-state index contributed by atoms with van der Waals surface area (Å²) in [4.78, 5) is 16.0. The number of rotatable bonds is 5. The van der Waals surface area contributed by atoms with Gasteiger partial charge in [-0.25, -0.2) is 4.98 Å². The van der Waals surface area contributed by atoms with Crippen molar-refractivity contribution in [2.24, 2.45) is 5.92 Å². The van der Waals surface area contributed by atoms with E-state index in [0.717, 1.165) is 21.1 Å². The quantitative estimate of drug-likeness (QED) is 0.882. The number of benzene rings is 1. The molecule has 0 saturated heterocycles. The van der Waals surface area contributed by atoms with E-state index in [4.69, 9.17) is 0 Å². The van der Waals surface area contributed by atoms with E-state index in [1.54, 1.807) is 6.20 Å². The summed E-state index contributed by atoms with van der Waals surface area (Å²) in [5.41, 5.74) is 0. The van der Waals surface area contributed by atoms with E-state index >= 15 is 0 Å². The number of amides is 1. The monoisotopic (exact) mass is 335 g/mol. The van der Waals surface area contributed by atoms with Crippen LogP contribution in [-0.2, 0) is 4.79 Å². The van der Waals surface area contributed by atoms with Crippen molar-refractivity contribution in [1.29, 1.82) is 0 Å². The molecule has 0 fully saturated rings. The number of halogens is 1. The lowest BCUT2D eigenvalue weighted by Gasteiger charge is -2.11. The van der Waals surface area contributed by atoms with Gasteiger partial charge in [-0.1, -0.05) is 41.9 Å². The van der Waals surface area contributed by atoms with Crippen LogP contribution in [0.4, 0.5) is 5.82 Å². The molecule has 1 heterocycles. The lowest BCUT2D eigenvalue weighted by Crippen LogP contribution is -2.32. The van der Waals surface area contributed by atoms with Crippen molar-refractivity contribution in [3.8, 4) is 0 Å². The summed E-state index contributed by atoms with van der Waals surface area (Å²) in [5.74, 6) is 1.15. The second kappa shape index (κ2) is 6.70. The predicted molar refractivity (Wildman–Crippen MR) is 85.8 cm³/mol. The van der Waals surface area contributed by atoms with Crippen LogP contribution in [0.25, 0.3) is 10.8 Å². The topological polar surface area (TPSA) is 54.0 Å². The summed E-state index contributed by atoms with van der Waals surface area (Å²) in [6, 6.07) is 7.88. The number of fused-ring (bicyclic) bond motifs is 1. The van der Waals surface area contributed by atoms with Crippen LogP contribution in [0.5, 0.6) is 0 Å². The first-order valence-electron chi connectivity index (χ1n) is 6.61. The molecule has 2 N–H and O–H groups in total. The maximum atomic E-state index is 11.7. The molecule has 0 radical (unpaired) electrons. The maximum absolute atomic E-state index is 11.7. The lowest BCUT2D eigenvalue weighted by molar-refractivity contribution is -0.119. The largest absolute Gasteiger partial charge is 0.360 e. The van der Waals surface area contributed by atoms with Crippen molar-refractivity contribution in [2.45, 2.75) is 13.8 Å². The molecule has 0 spiro atoms. The zero-order valence-corrected chi connectivity index (χ0v) is 13.2. The fourth-order valence-corrected chi connectivity index (χ4v) is 2.35. The lowest BCUT2D eigenvalue weighted by atomic mass is 10.1. The third-order valence-corrected chi connectivity index (χ3v) is 3.57. The smallest absolute Gasteiger partial charge is 0.239 e. The van der Waals surface area contributed by atoms with Crippen LogP contribution in [0.15, 0.2) is 34.9 Å². The molecule has 20 heavy (non-hydrogen) atoms. The van der Waals surface area contributed by atoms with Gasteiger partial charge in [0.15, 0.2) is 0 Å². The Kier molecular flexibility index (Phi) is 4.95. The molecular weight excluding hydrogens is 318 g/mol. The van der Waals surface area contributed by atoms with Crippen LogP contribution in [0.1, 0.15) is 13.8 Å². The van der Waals surface area contributed by atoms with Gasteiger partial charge in [0, 0.05) is 28.0 Å². The first-order chi connectivity index (χ1) is 9.58. The average Bonchev–Trinajstić information content (AvgIpc) is 2.43. The Morgan fingerprint density at radius 3 is 2.85 bits per heavy atom. The van der Waals surface area contributed by atoms with Crippen LogP contribution < -0.4 is 10.6 Å². The minimum absolute atomic E-state index is 0.0208. The first-order valence-corrected chi connectivity index (χ1v) is 7.41. The molecule has 2 rings (SSSR count). The summed E-state index contributed by atoms with van der Waals surface area (Å²) >= 11 is 3.52. The van der Waals surface area contributed by atoms with Crippen LogP contribution in [0, 0.1) is 5.92 Å². The molecule has 2 aromatic rings. The highest BCUT2D eigenvalue weighted by atomic mass is 79.9. The van der Waals surface area contributed by atoms with Gasteiger partial charge in [0.1, 0.15) is 5.82 Å². The predicted octanol–water partition coefficient (Wildman–Crippen LogP) is 3.18. The molecule has 0 unspecified atom stereocenters. The highest BCUT2D eigenvalue weighted by Gasteiger charge is 2.07. The van der Waals surface area contributed by atoms with Crippen molar-refractivity contribution in [3.05, 3.63) is 34.9 Å². The van der Waals surface area contributed by atoms with E-state index in [-0.39, 0.29) is 12.5 Å². The molecule has 1 amide bonds. The summed E-state index contributed by atoms with van der Waals surface area (Å²) in [6.07, 6.45) is 1.74. The third kappa shape index (κ3) is 3.70. The van der Waals surface area contributed by atoms with Gasteiger partial charge in [0.2, 0.25) is 5.91 Å². The Morgan fingerprint density at radius 1 is 1.30 bits per heavy atom. The second-order valence-electron chi connectivity index (χ2n) is 5.05.